The van der Waals surface area contributed by atoms with E-state index in [0.717, 1.165) is 55.4 Å². The van der Waals surface area contributed by atoms with E-state index in [9.17, 15) is 4.79 Å². The van der Waals surface area contributed by atoms with Crippen LogP contribution in [0.1, 0.15) is 16.7 Å². The number of piperazine rings is 1. The Labute approximate surface area is 176 Å². The fourth-order valence-electron chi connectivity index (χ4n) is 3.58. The number of amides is 2. The first kappa shape index (κ1) is 20.0. The van der Waals surface area contributed by atoms with Gasteiger partial charge < -0.3 is 20.0 Å². The lowest BCUT2D eigenvalue weighted by Gasteiger charge is -2.35. The molecule has 1 fully saturated rings. The third kappa shape index (κ3) is 4.99. The monoisotopic (exact) mass is 405 g/mol. The Morgan fingerprint density at radius 2 is 1.90 bits per heavy atom. The maximum absolute atomic E-state index is 12.3. The van der Waals surface area contributed by atoms with E-state index in [1.807, 2.05) is 50.2 Å². The third-order valence-corrected chi connectivity index (χ3v) is 5.33. The van der Waals surface area contributed by atoms with Gasteiger partial charge in [-0.3, -0.25) is 4.90 Å². The zero-order valence-corrected chi connectivity index (χ0v) is 17.4. The number of benzene rings is 1. The van der Waals surface area contributed by atoms with Crippen LogP contribution < -0.4 is 15.5 Å². The molecular formula is C23H27N5O2. The van der Waals surface area contributed by atoms with Crippen LogP contribution in [0.25, 0.3) is 0 Å². The zero-order chi connectivity index (χ0) is 20.9. The van der Waals surface area contributed by atoms with Gasteiger partial charge in [0.2, 0.25) is 0 Å². The van der Waals surface area contributed by atoms with Gasteiger partial charge in [0.25, 0.3) is 0 Å². The molecule has 0 radical (unpaired) electrons. The van der Waals surface area contributed by atoms with Crippen LogP contribution >= 0.6 is 0 Å². The fraction of sp³-hybridized carbons (Fsp3) is 0.304. The van der Waals surface area contributed by atoms with Gasteiger partial charge >= 0.3 is 6.03 Å². The molecule has 2 aromatic heterocycles. The number of aromatic nitrogens is 1. The summed E-state index contributed by atoms with van der Waals surface area (Å²) in [7, 11) is 0. The smallest absolute Gasteiger partial charge is 0.323 e. The number of carbonyl (C=O) groups excluding carboxylic acids is 1. The summed E-state index contributed by atoms with van der Waals surface area (Å²) in [4.78, 5) is 21.6. The van der Waals surface area contributed by atoms with Crippen LogP contribution in [0, 0.1) is 13.8 Å². The minimum Gasteiger partial charge on any atom is -0.472 e. The van der Waals surface area contributed by atoms with Gasteiger partial charge in [0.15, 0.2) is 0 Å². The van der Waals surface area contributed by atoms with E-state index in [4.69, 9.17) is 4.42 Å². The van der Waals surface area contributed by atoms with Crippen molar-refractivity contribution in [1.82, 2.24) is 9.88 Å². The molecule has 1 saturated heterocycles. The number of carbonyl (C=O) groups is 1. The predicted molar refractivity (Wildman–Crippen MR) is 119 cm³/mol. The van der Waals surface area contributed by atoms with Crippen LogP contribution in [0.2, 0.25) is 0 Å². The van der Waals surface area contributed by atoms with E-state index in [0.29, 0.717) is 5.69 Å². The Kier molecular flexibility index (Phi) is 5.99. The average Bonchev–Trinajstić information content (AvgIpc) is 3.25. The van der Waals surface area contributed by atoms with E-state index in [1.165, 1.54) is 5.56 Å². The van der Waals surface area contributed by atoms with Crippen molar-refractivity contribution in [1.29, 1.82) is 0 Å². The van der Waals surface area contributed by atoms with Gasteiger partial charge in [-0.1, -0.05) is 12.1 Å². The standard InChI is InChI=1S/C23H27N5O2/c1-17-3-4-18(2)21(13-17)26-23(29)25-20-5-6-22(24-14-20)28-10-8-27(9-11-28)15-19-7-12-30-16-19/h3-7,12-14,16H,8-11,15H2,1-2H3,(H2,25,26,29). The summed E-state index contributed by atoms with van der Waals surface area (Å²) in [6, 6.07) is 11.6. The molecule has 30 heavy (non-hydrogen) atoms. The first-order chi connectivity index (χ1) is 14.6. The molecule has 7 heteroatoms. The van der Waals surface area contributed by atoms with E-state index in [2.05, 4.69) is 25.4 Å². The number of anilines is 3. The van der Waals surface area contributed by atoms with Crippen molar-refractivity contribution in [2.24, 2.45) is 0 Å². The van der Waals surface area contributed by atoms with E-state index < -0.39 is 0 Å². The average molecular weight is 406 g/mol. The van der Waals surface area contributed by atoms with Crippen molar-refractivity contribution in [2.75, 3.05) is 41.7 Å². The fourth-order valence-corrected chi connectivity index (χ4v) is 3.58. The highest BCUT2D eigenvalue weighted by molar-refractivity contribution is 6.00. The number of nitrogens with zero attached hydrogens (tertiary/aromatic N) is 3. The molecule has 0 bridgehead atoms. The Bertz CT molecular complexity index is 977. The number of urea groups is 1. The summed E-state index contributed by atoms with van der Waals surface area (Å²) in [6.45, 7) is 8.69. The molecule has 2 N–H and O–H groups in total. The highest BCUT2D eigenvalue weighted by atomic mass is 16.3. The molecule has 1 aliphatic heterocycles. The molecule has 1 aromatic carbocycles. The summed E-state index contributed by atoms with van der Waals surface area (Å²) < 4.78 is 5.15. The van der Waals surface area contributed by atoms with Crippen molar-refractivity contribution in [2.45, 2.75) is 20.4 Å². The quantitative estimate of drug-likeness (QED) is 0.664. The SMILES string of the molecule is Cc1ccc(C)c(NC(=O)Nc2ccc(N3CCN(Cc4ccoc4)CC3)nc2)c1. The highest BCUT2D eigenvalue weighted by Crippen LogP contribution is 2.19. The van der Waals surface area contributed by atoms with Crippen LogP contribution in [-0.4, -0.2) is 42.1 Å². The largest absolute Gasteiger partial charge is 0.472 e. The summed E-state index contributed by atoms with van der Waals surface area (Å²) in [5, 5.41) is 5.75. The molecule has 4 rings (SSSR count). The summed E-state index contributed by atoms with van der Waals surface area (Å²) in [5.41, 5.74) is 4.81. The molecule has 156 valence electrons. The molecule has 0 atom stereocenters. The zero-order valence-electron chi connectivity index (χ0n) is 17.4. The first-order valence-corrected chi connectivity index (χ1v) is 10.2. The number of aryl methyl sites for hydroxylation is 2. The van der Waals surface area contributed by atoms with Crippen molar-refractivity contribution >= 4 is 23.2 Å². The second-order valence-electron chi connectivity index (χ2n) is 7.70. The van der Waals surface area contributed by atoms with E-state index >= 15 is 0 Å². The van der Waals surface area contributed by atoms with Crippen LogP contribution in [0.4, 0.5) is 22.0 Å². The molecule has 0 aliphatic carbocycles. The lowest BCUT2D eigenvalue weighted by Crippen LogP contribution is -2.46. The second-order valence-corrected chi connectivity index (χ2v) is 7.70. The minimum atomic E-state index is -0.272. The molecule has 0 spiro atoms. The van der Waals surface area contributed by atoms with E-state index in [-0.39, 0.29) is 6.03 Å². The molecule has 3 aromatic rings. The summed E-state index contributed by atoms with van der Waals surface area (Å²) >= 11 is 0. The van der Waals surface area contributed by atoms with E-state index in [1.54, 1.807) is 18.7 Å². The Hall–Kier alpha value is -3.32. The number of nitrogens with one attached hydrogen (secondary N) is 2. The van der Waals surface area contributed by atoms with Gasteiger partial charge in [0, 0.05) is 44.0 Å². The second kappa shape index (κ2) is 9.00. The molecule has 7 nitrogen and oxygen atoms in total. The maximum atomic E-state index is 12.3. The highest BCUT2D eigenvalue weighted by Gasteiger charge is 2.18. The van der Waals surface area contributed by atoms with Crippen LogP contribution in [0.3, 0.4) is 0 Å². The maximum Gasteiger partial charge on any atom is 0.323 e. The molecular weight excluding hydrogens is 378 g/mol. The van der Waals surface area contributed by atoms with Crippen molar-refractivity contribution < 1.29 is 9.21 Å². The lowest BCUT2D eigenvalue weighted by molar-refractivity contribution is 0.248. The Morgan fingerprint density at radius 3 is 2.60 bits per heavy atom. The number of pyridine rings is 1. The van der Waals surface area contributed by atoms with Gasteiger partial charge in [-0.15, -0.1) is 0 Å². The number of hydrogen-bond acceptors (Lipinski definition) is 5. The van der Waals surface area contributed by atoms with Gasteiger partial charge in [-0.05, 0) is 49.2 Å². The summed E-state index contributed by atoms with van der Waals surface area (Å²) in [6.07, 6.45) is 5.22. The summed E-state index contributed by atoms with van der Waals surface area (Å²) in [5.74, 6) is 0.929. The third-order valence-electron chi connectivity index (χ3n) is 5.33. The molecule has 0 unspecified atom stereocenters. The topological polar surface area (TPSA) is 73.6 Å². The van der Waals surface area contributed by atoms with Crippen molar-refractivity contribution in [3.05, 3.63) is 71.8 Å². The lowest BCUT2D eigenvalue weighted by atomic mass is 10.1. The normalized spacial score (nSPS) is 14.5. The molecule has 0 saturated carbocycles. The van der Waals surface area contributed by atoms with Gasteiger partial charge in [-0.2, -0.15) is 0 Å². The van der Waals surface area contributed by atoms with Gasteiger partial charge in [0.1, 0.15) is 5.82 Å². The van der Waals surface area contributed by atoms with Crippen LogP contribution in [-0.2, 0) is 6.54 Å². The first-order valence-electron chi connectivity index (χ1n) is 10.2. The Balaban J connectivity index is 1.29. The predicted octanol–water partition coefficient (Wildman–Crippen LogP) is 4.26. The molecule has 2 amide bonds. The van der Waals surface area contributed by atoms with Crippen LogP contribution in [0.5, 0.6) is 0 Å². The number of hydrogen-bond donors (Lipinski definition) is 2. The van der Waals surface area contributed by atoms with Crippen LogP contribution in [0.15, 0.2) is 59.5 Å². The van der Waals surface area contributed by atoms with Gasteiger partial charge in [-0.25, -0.2) is 9.78 Å². The Morgan fingerprint density at radius 1 is 1.07 bits per heavy atom. The van der Waals surface area contributed by atoms with Crippen molar-refractivity contribution in [3.63, 3.8) is 0 Å². The minimum absolute atomic E-state index is 0.272. The van der Waals surface area contributed by atoms with Gasteiger partial charge in [0.05, 0.1) is 24.4 Å². The molecule has 1 aliphatic rings. The number of furan rings is 1. The number of rotatable bonds is 5. The van der Waals surface area contributed by atoms with Crippen molar-refractivity contribution in [3.8, 4) is 0 Å². The molecule has 3 heterocycles.